The summed E-state index contributed by atoms with van der Waals surface area (Å²) in [6.45, 7) is 2.61. The van der Waals surface area contributed by atoms with E-state index in [0.717, 1.165) is 21.5 Å². The molecule has 0 amide bonds. The van der Waals surface area contributed by atoms with Gasteiger partial charge in [-0.15, -0.1) is 0 Å². The molecule has 2 aromatic rings. The van der Waals surface area contributed by atoms with Gasteiger partial charge in [-0.05, 0) is 30.7 Å². The molecule has 0 saturated carbocycles. The smallest absolute Gasteiger partial charge is 0.162 e. The zero-order valence-corrected chi connectivity index (χ0v) is 12.0. The van der Waals surface area contributed by atoms with Crippen LogP contribution in [0, 0.1) is 6.92 Å². The Morgan fingerprint density at radius 1 is 1.00 bits per heavy atom. The Balaban J connectivity index is 2.09. The first kappa shape index (κ1) is 13.0. The van der Waals surface area contributed by atoms with E-state index in [-0.39, 0.29) is 0 Å². The third kappa shape index (κ3) is 3.26. The summed E-state index contributed by atoms with van der Waals surface area (Å²) < 4.78 is 12.0. The normalized spacial score (nSPS) is 10.2. The lowest BCUT2D eigenvalue weighted by Gasteiger charge is -2.11. The summed E-state index contributed by atoms with van der Waals surface area (Å²) in [5, 5.41) is 0. The van der Waals surface area contributed by atoms with Crippen LogP contribution in [0.4, 0.5) is 0 Å². The Bertz CT molecular complexity index is 521. The lowest BCUT2D eigenvalue weighted by molar-refractivity contribution is 0.284. The monoisotopic (exact) mass is 306 g/mol. The molecule has 0 atom stereocenters. The molecule has 3 heteroatoms. The molecule has 2 nitrogen and oxygen atoms in total. The second-order valence-electron chi connectivity index (χ2n) is 4.07. The largest absolute Gasteiger partial charge is 0.493 e. The molecule has 0 aliphatic rings. The summed E-state index contributed by atoms with van der Waals surface area (Å²) in [6, 6.07) is 14.0. The van der Waals surface area contributed by atoms with Gasteiger partial charge in [0.15, 0.2) is 11.5 Å². The topological polar surface area (TPSA) is 18.5 Å². The van der Waals surface area contributed by atoms with Gasteiger partial charge in [-0.25, -0.2) is 0 Å². The van der Waals surface area contributed by atoms with E-state index in [2.05, 4.69) is 47.1 Å². The van der Waals surface area contributed by atoms with Crippen molar-refractivity contribution in [3.8, 4) is 11.5 Å². The van der Waals surface area contributed by atoms with E-state index in [4.69, 9.17) is 9.47 Å². The molecule has 0 fully saturated rings. The molecule has 94 valence electrons. The van der Waals surface area contributed by atoms with Crippen molar-refractivity contribution in [1.82, 2.24) is 0 Å². The van der Waals surface area contributed by atoms with Gasteiger partial charge >= 0.3 is 0 Å². The van der Waals surface area contributed by atoms with Gasteiger partial charge in [-0.3, -0.25) is 0 Å². The third-order valence-corrected chi connectivity index (χ3v) is 3.13. The maximum atomic E-state index is 5.78. The molecule has 0 saturated heterocycles. The van der Waals surface area contributed by atoms with E-state index in [0.29, 0.717) is 6.61 Å². The molecule has 18 heavy (non-hydrogen) atoms. The van der Waals surface area contributed by atoms with Crippen LogP contribution in [0.1, 0.15) is 11.1 Å². The number of aryl methyl sites for hydroxylation is 1. The van der Waals surface area contributed by atoms with Gasteiger partial charge in [-0.2, -0.15) is 0 Å². The molecule has 0 bridgehead atoms. The number of hydrogen-bond acceptors (Lipinski definition) is 2. The zero-order valence-electron chi connectivity index (χ0n) is 10.4. The molecular formula is C15H15BrO2. The van der Waals surface area contributed by atoms with E-state index in [1.54, 1.807) is 7.11 Å². The molecule has 2 rings (SSSR count). The minimum atomic E-state index is 0.535. The summed E-state index contributed by atoms with van der Waals surface area (Å²) in [6.07, 6.45) is 0. The van der Waals surface area contributed by atoms with E-state index < -0.39 is 0 Å². The molecule has 0 aromatic heterocycles. The van der Waals surface area contributed by atoms with Crippen molar-refractivity contribution in [2.45, 2.75) is 13.5 Å². The fraction of sp³-hybridized carbons (Fsp3) is 0.200. The standard InChI is InChI=1S/C15H15BrO2/c1-11-3-5-12(6-4-11)10-18-15-9-13(16)7-8-14(15)17-2/h3-9H,10H2,1-2H3. The highest BCUT2D eigenvalue weighted by Gasteiger charge is 2.05. The molecular weight excluding hydrogens is 292 g/mol. The van der Waals surface area contributed by atoms with Crippen LogP contribution in [0.25, 0.3) is 0 Å². The van der Waals surface area contributed by atoms with Gasteiger partial charge in [-0.1, -0.05) is 45.8 Å². The van der Waals surface area contributed by atoms with Gasteiger partial charge in [0.1, 0.15) is 6.61 Å². The second-order valence-corrected chi connectivity index (χ2v) is 4.99. The van der Waals surface area contributed by atoms with Crippen molar-refractivity contribution in [2.24, 2.45) is 0 Å². The van der Waals surface area contributed by atoms with Crippen LogP contribution in [0.3, 0.4) is 0 Å². The van der Waals surface area contributed by atoms with Crippen LogP contribution in [-0.2, 0) is 6.61 Å². The van der Waals surface area contributed by atoms with Crippen molar-refractivity contribution in [1.29, 1.82) is 0 Å². The summed E-state index contributed by atoms with van der Waals surface area (Å²) in [5.41, 5.74) is 2.39. The second kappa shape index (κ2) is 5.91. The Kier molecular flexibility index (Phi) is 4.26. The Labute approximate surface area is 116 Å². The Morgan fingerprint density at radius 3 is 2.39 bits per heavy atom. The Hall–Kier alpha value is -1.48. The number of rotatable bonds is 4. The quantitative estimate of drug-likeness (QED) is 0.836. The summed E-state index contributed by atoms with van der Waals surface area (Å²) in [7, 11) is 1.64. The molecule has 0 N–H and O–H groups in total. The highest BCUT2D eigenvalue weighted by molar-refractivity contribution is 9.10. The highest BCUT2D eigenvalue weighted by atomic mass is 79.9. The summed E-state index contributed by atoms with van der Waals surface area (Å²) in [5.74, 6) is 1.48. The average Bonchev–Trinajstić information content (AvgIpc) is 2.38. The van der Waals surface area contributed by atoms with Crippen LogP contribution in [0.5, 0.6) is 11.5 Å². The van der Waals surface area contributed by atoms with E-state index in [9.17, 15) is 0 Å². The third-order valence-electron chi connectivity index (χ3n) is 2.64. The molecule has 2 aromatic carbocycles. The fourth-order valence-corrected chi connectivity index (χ4v) is 1.95. The van der Waals surface area contributed by atoms with Crippen molar-refractivity contribution >= 4 is 15.9 Å². The van der Waals surface area contributed by atoms with Crippen LogP contribution < -0.4 is 9.47 Å². The minimum Gasteiger partial charge on any atom is -0.493 e. The number of benzene rings is 2. The lowest BCUT2D eigenvalue weighted by atomic mass is 10.2. The predicted octanol–water partition coefficient (Wildman–Crippen LogP) is 4.35. The molecule has 0 unspecified atom stereocenters. The highest BCUT2D eigenvalue weighted by Crippen LogP contribution is 2.30. The SMILES string of the molecule is COc1ccc(Br)cc1OCc1ccc(C)cc1. The van der Waals surface area contributed by atoms with Crippen LogP contribution in [0.15, 0.2) is 46.9 Å². The van der Waals surface area contributed by atoms with Gasteiger partial charge < -0.3 is 9.47 Å². The van der Waals surface area contributed by atoms with E-state index >= 15 is 0 Å². The fourth-order valence-electron chi connectivity index (χ4n) is 1.61. The van der Waals surface area contributed by atoms with Crippen LogP contribution >= 0.6 is 15.9 Å². The van der Waals surface area contributed by atoms with Gasteiger partial charge in [0.2, 0.25) is 0 Å². The number of hydrogen-bond donors (Lipinski definition) is 0. The Morgan fingerprint density at radius 2 is 1.72 bits per heavy atom. The number of ether oxygens (including phenoxy) is 2. The minimum absolute atomic E-state index is 0.535. The van der Waals surface area contributed by atoms with E-state index in [1.807, 2.05) is 18.2 Å². The van der Waals surface area contributed by atoms with E-state index in [1.165, 1.54) is 5.56 Å². The molecule has 0 aliphatic heterocycles. The van der Waals surface area contributed by atoms with Gasteiger partial charge in [0.05, 0.1) is 7.11 Å². The maximum absolute atomic E-state index is 5.78. The maximum Gasteiger partial charge on any atom is 0.162 e. The number of methoxy groups -OCH3 is 1. The predicted molar refractivity (Wildman–Crippen MR) is 76.2 cm³/mol. The van der Waals surface area contributed by atoms with Crippen molar-refractivity contribution < 1.29 is 9.47 Å². The molecule has 0 heterocycles. The lowest BCUT2D eigenvalue weighted by Crippen LogP contribution is -1.97. The zero-order chi connectivity index (χ0) is 13.0. The first-order valence-corrected chi connectivity index (χ1v) is 6.50. The van der Waals surface area contributed by atoms with Crippen LogP contribution in [-0.4, -0.2) is 7.11 Å². The van der Waals surface area contributed by atoms with Crippen molar-refractivity contribution in [3.05, 3.63) is 58.1 Å². The van der Waals surface area contributed by atoms with Gasteiger partial charge in [0.25, 0.3) is 0 Å². The first-order chi connectivity index (χ1) is 8.69. The summed E-state index contributed by atoms with van der Waals surface area (Å²) in [4.78, 5) is 0. The first-order valence-electron chi connectivity index (χ1n) is 5.71. The van der Waals surface area contributed by atoms with Crippen LogP contribution in [0.2, 0.25) is 0 Å². The summed E-state index contributed by atoms with van der Waals surface area (Å²) >= 11 is 3.43. The van der Waals surface area contributed by atoms with Gasteiger partial charge in [0, 0.05) is 4.47 Å². The average molecular weight is 307 g/mol. The molecule has 0 aliphatic carbocycles. The van der Waals surface area contributed by atoms with Crippen molar-refractivity contribution in [2.75, 3.05) is 7.11 Å². The van der Waals surface area contributed by atoms with Crippen molar-refractivity contribution in [3.63, 3.8) is 0 Å². The molecule has 0 spiro atoms. The number of halogens is 1. The molecule has 0 radical (unpaired) electrons.